The van der Waals surface area contributed by atoms with E-state index in [1.54, 1.807) is 0 Å². The molecule has 0 saturated heterocycles. The average molecular weight is 325 g/mol. The number of benzene rings is 1. The number of hydrogen-bond acceptors (Lipinski definition) is 4. The monoisotopic (exact) mass is 324 g/mol. The van der Waals surface area contributed by atoms with E-state index in [0.717, 1.165) is 19.3 Å². The van der Waals surface area contributed by atoms with Crippen molar-refractivity contribution < 1.29 is 0 Å². The van der Waals surface area contributed by atoms with Gasteiger partial charge in [0.2, 0.25) is 5.82 Å². The first-order valence-electron chi connectivity index (χ1n) is 5.62. The molecule has 1 N–H and O–H groups in total. The lowest BCUT2D eigenvalue weighted by atomic mass is 10.2. The summed E-state index contributed by atoms with van der Waals surface area (Å²) in [6.45, 7) is 0.446. The van der Waals surface area contributed by atoms with E-state index in [4.69, 9.17) is 0 Å². The van der Waals surface area contributed by atoms with Gasteiger partial charge in [-0.3, -0.25) is 9.36 Å². The lowest BCUT2D eigenvalue weighted by Crippen LogP contribution is -2.39. The third-order valence-corrected chi connectivity index (χ3v) is 3.50. The highest BCUT2D eigenvalue weighted by molar-refractivity contribution is 9.10. The van der Waals surface area contributed by atoms with Crippen LogP contribution in [0.3, 0.4) is 0 Å². The summed E-state index contributed by atoms with van der Waals surface area (Å²) in [5, 5.41) is 6.87. The molecule has 0 bridgehead atoms. The standard InChI is InChI=1S/C12H13BrN4O2/c1-16-11(18)10(15-17(2)12(16)19)14-7-8-5-3-4-6-9(8)13/h3-6H,7H2,1-2H3,(H,14,15). The average Bonchev–Trinajstić information content (AvgIpc) is 2.40. The van der Waals surface area contributed by atoms with Crippen molar-refractivity contribution >= 4 is 21.7 Å². The highest BCUT2D eigenvalue weighted by Gasteiger charge is 2.08. The zero-order chi connectivity index (χ0) is 14.0. The van der Waals surface area contributed by atoms with Gasteiger partial charge < -0.3 is 5.32 Å². The van der Waals surface area contributed by atoms with E-state index >= 15 is 0 Å². The molecule has 1 aromatic carbocycles. The Bertz CT molecular complexity index is 720. The van der Waals surface area contributed by atoms with E-state index in [9.17, 15) is 9.59 Å². The summed E-state index contributed by atoms with van der Waals surface area (Å²) >= 11 is 3.43. The lowest BCUT2D eigenvalue weighted by Gasteiger charge is -2.09. The largest absolute Gasteiger partial charge is 0.360 e. The Morgan fingerprint density at radius 2 is 1.95 bits per heavy atom. The fourth-order valence-corrected chi connectivity index (χ4v) is 2.05. The maximum atomic E-state index is 11.9. The topological polar surface area (TPSA) is 68.9 Å². The molecule has 0 spiro atoms. The molecule has 7 heteroatoms. The Morgan fingerprint density at radius 3 is 2.63 bits per heavy atom. The third kappa shape index (κ3) is 2.76. The number of rotatable bonds is 3. The number of nitrogens with one attached hydrogen (secondary N) is 1. The van der Waals surface area contributed by atoms with Crippen LogP contribution in [0.25, 0.3) is 0 Å². The second-order valence-corrected chi connectivity index (χ2v) is 4.92. The van der Waals surface area contributed by atoms with Crippen molar-refractivity contribution in [3.63, 3.8) is 0 Å². The number of aryl methyl sites for hydroxylation is 1. The van der Waals surface area contributed by atoms with Gasteiger partial charge in [0.1, 0.15) is 0 Å². The van der Waals surface area contributed by atoms with Gasteiger partial charge in [0.25, 0.3) is 5.56 Å². The summed E-state index contributed by atoms with van der Waals surface area (Å²) in [4.78, 5) is 23.4. The fraction of sp³-hybridized carbons (Fsp3) is 0.250. The van der Waals surface area contributed by atoms with Crippen LogP contribution >= 0.6 is 15.9 Å². The molecule has 2 aromatic rings. The van der Waals surface area contributed by atoms with Gasteiger partial charge in [-0.05, 0) is 11.6 Å². The molecule has 2 rings (SSSR count). The van der Waals surface area contributed by atoms with Crippen LogP contribution in [0.1, 0.15) is 5.56 Å². The summed E-state index contributed by atoms with van der Waals surface area (Å²) in [6.07, 6.45) is 0. The molecule has 19 heavy (non-hydrogen) atoms. The minimum atomic E-state index is -0.448. The summed E-state index contributed by atoms with van der Waals surface area (Å²) in [6, 6.07) is 7.68. The predicted octanol–water partition coefficient (Wildman–Crippen LogP) is 0.854. The molecule has 6 nitrogen and oxygen atoms in total. The molecule has 0 aliphatic heterocycles. The smallest absolute Gasteiger partial charge is 0.346 e. The lowest BCUT2D eigenvalue weighted by molar-refractivity contribution is 0.604. The molecule has 0 fully saturated rings. The Hall–Kier alpha value is -1.89. The van der Waals surface area contributed by atoms with Gasteiger partial charge in [0, 0.05) is 25.1 Å². The Kier molecular flexibility index (Phi) is 3.84. The first kappa shape index (κ1) is 13.5. The van der Waals surface area contributed by atoms with Gasteiger partial charge in [0.15, 0.2) is 0 Å². The summed E-state index contributed by atoms with van der Waals surface area (Å²) in [5.41, 5.74) is 0.117. The second-order valence-electron chi connectivity index (χ2n) is 4.06. The van der Waals surface area contributed by atoms with Gasteiger partial charge in [-0.1, -0.05) is 34.1 Å². The summed E-state index contributed by atoms with van der Waals surface area (Å²) in [7, 11) is 2.93. The number of hydrogen-bond donors (Lipinski definition) is 1. The Labute approximate surface area is 117 Å². The van der Waals surface area contributed by atoms with Crippen LogP contribution in [0.2, 0.25) is 0 Å². The Balaban J connectivity index is 2.29. The number of anilines is 1. The second kappa shape index (κ2) is 5.40. The molecule has 0 radical (unpaired) electrons. The van der Waals surface area contributed by atoms with Crippen molar-refractivity contribution in [3.8, 4) is 0 Å². The molecule has 0 aliphatic rings. The maximum Gasteiger partial charge on any atom is 0.346 e. The Morgan fingerprint density at radius 1 is 1.26 bits per heavy atom. The van der Waals surface area contributed by atoms with Crippen LogP contribution in [0.4, 0.5) is 5.82 Å². The molecule has 0 amide bonds. The van der Waals surface area contributed by atoms with E-state index in [2.05, 4.69) is 26.3 Å². The number of nitrogens with zero attached hydrogens (tertiary/aromatic N) is 3. The molecule has 0 saturated carbocycles. The first-order valence-corrected chi connectivity index (χ1v) is 6.41. The summed E-state index contributed by atoms with van der Waals surface area (Å²) < 4.78 is 3.10. The third-order valence-electron chi connectivity index (χ3n) is 2.73. The van der Waals surface area contributed by atoms with Crippen molar-refractivity contribution in [2.24, 2.45) is 14.1 Å². The molecule has 100 valence electrons. The normalized spacial score (nSPS) is 10.5. The van der Waals surface area contributed by atoms with Gasteiger partial charge in [-0.25, -0.2) is 9.48 Å². The van der Waals surface area contributed by atoms with Gasteiger partial charge in [0.05, 0.1) is 0 Å². The molecule has 0 unspecified atom stereocenters. The van der Waals surface area contributed by atoms with Crippen LogP contribution in [0.15, 0.2) is 38.3 Å². The van der Waals surface area contributed by atoms with Crippen molar-refractivity contribution in [1.82, 2.24) is 14.3 Å². The molecule has 0 atom stereocenters. The van der Waals surface area contributed by atoms with E-state index in [0.29, 0.717) is 6.54 Å². The van der Waals surface area contributed by atoms with Crippen molar-refractivity contribution in [1.29, 1.82) is 0 Å². The zero-order valence-electron chi connectivity index (χ0n) is 10.6. The molecule has 1 heterocycles. The van der Waals surface area contributed by atoms with E-state index in [1.807, 2.05) is 24.3 Å². The van der Waals surface area contributed by atoms with Gasteiger partial charge in [-0.15, -0.1) is 5.10 Å². The van der Waals surface area contributed by atoms with Gasteiger partial charge in [-0.2, -0.15) is 0 Å². The van der Waals surface area contributed by atoms with Crippen LogP contribution in [-0.4, -0.2) is 14.3 Å². The van der Waals surface area contributed by atoms with E-state index in [-0.39, 0.29) is 5.82 Å². The molecular weight excluding hydrogens is 312 g/mol. The molecular formula is C12H13BrN4O2. The van der Waals surface area contributed by atoms with E-state index < -0.39 is 11.2 Å². The number of halogens is 1. The zero-order valence-corrected chi connectivity index (χ0v) is 12.1. The van der Waals surface area contributed by atoms with Crippen molar-refractivity contribution in [2.45, 2.75) is 6.54 Å². The minimum Gasteiger partial charge on any atom is -0.360 e. The maximum absolute atomic E-state index is 11.9. The van der Waals surface area contributed by atoms with Crippen LogP contribution in [0, 0.1) is 0 Å². The summed E-state index contributed by atoms with van der Waals surface area (Å²) in [5.74, 6) is 0.153. The highest BCUT2D eigenvalue weighted by atomic mass is 79.9. The minimum absolute atomic E-state index is 0.153. The predicted molar refractivity (Wildman–Crippen MR) is 76.2 cm³/mol. The quantitative estimate of drug-likeness (QED) is 0.909. The fourth-order valence-electron chi connectivity index (χ4n) is 1.63. The SMILES string of the molecule is Cn1nc(NCc2ccccc2Br)c(=O)n(C)c1=O. The molecule has 1 aromatic heterocycles. The van der Waals surface area contributed by atoms with Crippen LogP contribution in [-0.2, 0) is 20.6 Å². The van der Waals surface area contributed by atoms with Gasteiger partial charge >= 0.3 is 5.69 Å². The highest BCUT2D eigenvalue weighted by Crippen LogP contribution is 2.16. The molecule has 0 aliphatic carbocycles. The van der Waals surface area contributed by atoms with Crippen molar-refractivity contribution in [3.05, 3.63) is 55.1 Å². The first-order chi connectivity index (χ1) is 9.00. The van der Waals surface area contributed by atoms with E-state index in [1.165, 1.54) is 14.1 Å². The van der Waals surface area contributed by atoms with Crippen molar-refractivity contribution in [2.75, 3.05) is 5.32 Å². The number of aromatic nitrogens is 3. The van der Waals surface area contributed by atoms with Crippen LogP contribution in [0.5, 0.6) is 0 Å². The van der Waals surface area contributed by atoms with Crippen LogP contribution < -0.4 is 16.6 Å².